The van der Waals surface area contributed by atoms with E-state index < -0.39 is 5.97 Å². The van der Waals surface area contributed by atoms with E-state index in [0.717, 1.165) is 38.5 Å². The maximum atomic E-state index is 13.0. The molecule has 0 spiro atoms. The summed E-state index contributed by atoms with van der Waals surface area (Å²) in [7, 11) is 0. The van der Waals surface area contributed by atoms with Crippen LogP contribution >= 0.6 is 0 Å². The van der Waals surface area contributed by atoms with Gasteiger partial charge in [-0.1, -0.05) is 19.3 Å². The summed E-state index contributed by atoms with van der Waals surface area (Å²) in [6, 6.07) is 0.201. The van der Waals surface area contributed by atoms with Gasteiger partial charge in [0.1, 0.15) is 5.69 Å². The molecule has 0 aliphatic heterocycles. The number of aromatic nitrogens is 1. The lowest BCUT2D eigenvalue weighted by Gasteiger charge is -2.29. The van der Waals surface area contributed by atoms with Crippen molar-refractivity contribution in [2.45, 2.75) is 71.8 Å². The Hall–Kier alpha value is -2.11. The van der Waals surface area contributed by atoms with Crippen molar-refractivity contribution in [2.24, 2.45) is 5.92 Å². The first-order valence-corrected chi connectivity index (χ1v) is 10.1. The van der Waals surface area contributed by atoms with Gasteiger partial charge in [-0.2, -0.15) is 0 Å². The molecule has 148 valence electrons. The second kappa shape index (κ2) is 8.28. The first-order valence-electron chi connectivity index (χ1n) is 10.1. The van der Waals surface area contributed by atoms with Gasteiger partial charge in [0.25, 0.3) is 0 Å². The molecule has 2 saturated carbocycles. The number of nitrogens with zero attached hydrogens (tertiary/aromatic N) is 1. The molecule has 6 nitrogen and oxygen atoms in total. The first kappa shape index (κ1) is 19.6. The fourth-order valence-corrected chi connectivity index (χ4v) is 4.17. The van der Waals surface area contributed by atoms with E-state index in [-0.39, 0.29) is 36.8 Å². The van der Waals surface area contributed by atoms with E-state index in [1.807, 2.05) is 0 Å². The summed E-state index contributed by atoms with van der Waals surface area (Å²) in [5.74, 6) is -0.347. The number of aryl methyl sites for hydroxylation is 1. The van der Waals surface area contributed by atoms with Crippen molar-refractivity contribution in [3.63, 3.8) is 0 Å². The van der Waals surface area contributed by atoms with Crippen LogP contribution in [0.1, 0.15) is 84.0 Å². The molecular formula is C21H30N2O4. The molecule has 1 N–H and O–H groups in total. The molecule has 0 saturated heterocycles. The maximum Gasteiger partial charge on any atom is 0.355 e. The monoisotopic (exact) mass is 374 g/mol. The second-order valence-corrected chi connectivity index (χ2v) is 7.80. The molecule has 1 aromatic heterocycles. The number of carbonyl (C=O) groups is 3. The highest BCUT2D eigenvalue weighted by atomic mass is 16.5. The zero-order valence-electron chi connectivity index (χ0n) is 16.6. The van der Waals surface area contributed by atoms with Gasteiger partial charge in [-0.05, 0) is 52.0 Å². The van der Waals surface area contributed by atoms with Crippen LogP contribution in [-0.2, 0) is 9.53 Å². The van der Waals surface area contributed by atoms with Crippen LogP contribution in [0.3, 0.4) is 0 Å². The summed E-state index contributed by atoms with van der Waals surface area (Å²) in [6.45, 7) is 5.67. The number of rotatable bonds is 7. The van der Waals surface area contributed by atoms with Crippen LogP contribution in [-0.4, -0.2) is 46.7 Å². The largest absolute Gasteiger partial charge is 0.461 e. The Bertz CT molecular complexity index is 727. The van der Waals surface area contributed by atoms with Gasteiger partial charge in [-0.15, -0.1) is 0 Å². The third-order valence-electron chi connectivity index (χ3n) is 5.73. The molecule has 0 aromatic carbocycles. The molecule has 2 aliphatic carbocycles. The minimum Gasteiger partial charge on any atom is -0.461 e. The van der Waals surface area contributed by atoms with E-state index >= 15 is 0 Å². The van der Waals surface area contributed by atoms with Crippen LogP contribution in [0.2, 0.25) is 0 Å². The van der Waals surface area contributed by atoms with Gasteiger partial charge < -0.3 is 14.6 Å². The smallest absolute Gasteiger partial charge is 0.355 e. The van der Waals surface area contributed by atoms with E-state index in [4.69, 9.17) is 4.74 Å². The van der Waals surface area contributed by atoms with Crippen LogP contribution in [0.25, 0.3) is 0 Å². The van der Waals surface area contributed by atoms with E-state index in [0.29, 0.717) is 22.5 Å². The van der Waals surface area contributed by atoms with Crippen molar-refractivity contribution >= 4 is 17.7 Å². The summed E-state index contributed by atoms with van der Waals surface area (Å²) < 4.78 is 5.06. The standard InChI is InChI=1S/C21H30N2O4/c1-4-27-21(26)19-13(2)18(14(3)22-19)17(24)12-23(16-10-11-16)20(25)15-8-6-5-7-9-15/h15-16,22H,4-12H2,1-3H3. The molecule has 0 radical (unpaired) electrons. The number of H-pyrrole nitrogens is 1. The molecule has 0 unspecified atom stereocenters. The van der Waals surface area contributed by atoms with Crippen molar-refractivity contribution in [3.05, 3.63) is 22.5 Å². The molecule has 1 aromatic rings. The van der Waals surface area contributed by atoms with E-state index in [2.05, 4.69) is 4.98 Å². The van der Waals surface area contributed by atoms with Gasteiger partial charge in [0.2, 0.25) is 5.91 Å². The third kappa shape index (κ3) is 4.25. The first-order chi connectivity index (χ1) is 12.9. The highest BCUT2D eigenvalue weighted by Crippen LogP contribution is 2.33. The SMILES string of the molecule is CCOC(=O)c1[nH]c(C)c(C(=O)CN(C(=O)C2CCCCC2)C2CC2)c1C. The topological polar surface area (TPSA) is 79.5 Å². The van der Waals surface area contributed by atoms with E-state index in [1.54, 1.807) is 25.7 Å². The second-order valence-electron chi connectivity index (χ2n) is 7.80. The Morgan fingerprint density at radius 3 is 2.33 bits per heavy atom. The maximum absolute atomic E-state index is 13.0. The van der Waals surface area contributed by atoms with E-state index in [9.17, 15) is 14.4 Å². The Kier molecular flexibility index (Phi) is 6.02. The summed E-state index contributed by atoms with van der Waals surface area (Å²) >= 11 is 0. The van der Waals surface area contributed by atoms with Crippen molar-refractivity contribution in [3.8, 4) is 0 Å². The Balaban J connectivity index is 1.76. The molecule has 2 fully saturated rings. The average Bonchev–Trinajstić information content (AvgIpc) is 3.45. The number of ketones is 1. The lowest BCUT2D eigenvalue weighted by molar-refractivity contribution is -0.136. The van der Waals surface area contributed by atoms with Crippen LogP contribution in [0.5, 0.6) is 0 Å². The van der Waals surface area contributed by atoms with Crippen LogP contribution in [0.4, 0.5) is 0 Å². The number of ether oxygens (including phenoxy) is 1. The summed E-state index contributed by atoms with van der Waals surface area (Å²) in [5, 5.41) is 0. The van der Waals surface area contributed by atoms with Gasteiger partial charge in [-0.25, -0.2) is 4.79 Å². The van der Waals surface area contributed by atoms with Gasteiger partial charge in [0, 0.05) is 23.2 Å². The number of hydrogen-bond donors (Lipinski definition) is 1. The van der Waals surface area contributed by atoms with E-state index in [1.165, 1.54) is 6.42 Å². The van der Waals surface area contributed by atoms with Crippen molar-refractivity contribution < 1.29 is 19.1 Å². The number of aromatic amines is 1. The molecule has 1 amide bonds. The van der Waals surface area contributed by atoms with Crippen LogP contribution < -0.4 is 0 Å². The lowest BCUT2D eigenvalue weighted by atomic mass is 9.88. The minimum atomic E-state index is -0.450. The quantitative estimate of drug-likeness (QED) is 0.584. The summed E-state index contributed by atoms with van der Waals surface area (Å²) in [5.41, 5.74) is 2.10. The highest BCUT2D eigenvalue weighted by Gasteiger charge is 2.38. The molecular weight excluding hydrogens is 344 g/mol. The normalized spacial score (nSPS) is 17.6. The fraction of sp³-hybridized carbons (Fsp3) is 0.667. The van der Waals surface area contributed by atoms with Gasteiger partial charge in [0.15, 0.2) is 5.78 Å². The zero-order valence-corrected chi connectivity index (χ0v) is 16.6. The minimum absolute atomic E-state index is 0.0654. The number of esters is 1. The molecule has 3 rings (SSSR count). The third-order valence-corrected chi connectivity index (χ3v) is 5.73. The highest BCUT2D eigenvalue weighted by molar-refractivity contribution is 6.04. The Labute approximate surface area is 160 Å². The van der Waals surface area contributed by atoms with Crippen molar-refractivity contribution in [2.75, 3.05) is 13.2 Å². The zero-order chi connectivity index (χ0) is 19.6. The Morgan fingerprint density at radius 1 is 1.07 bits per heavy atom. The average molecular weight is 374 g/mol. The van der Waals surface area contributed by atoms with Gasteiger partial charge >= 0.3 is 5.97 Å². The molecule has 0 bridgehead atoms. The molecule has 2 aliphatic rings. The van der Waals surface area contributed by atoms with Crippen molar-refractivity contribution in [1.82, 2.24) is 9.88 Å². The Morgan fingerprint density at radius 2 is 1.74 bits per heavy atom. The van der Waals surface area contributed by atoms with Gasteiger partial charge in [0.05, 0.1) is 13.2 Å². The van der Waals surface area contributed by atoms with Crippen LogP contribution in [0.15, 0.2) is 0 Å². The molecule has 1 heterocycles. The number of Topliss-reactive ketones (excluding diaryl/α,β-unsaturated/α-hetero) is 1. The predicted molar refractivity (Wildman–Crippen MR) is 102 cm³/mol. The van der Waals surface area contributed by atoms with Crippen LogP contribution in [0, 0.1) is 19.8 Å². The van der Waals surface area contributed by atoms with Gasteiger partial charge in [-0.3, -0.25) is 9.59 Å². The summed E-state index contributed by atoms with van der Waals surface area (Å²) in [4.78, 5) is 42.9. The molecule has 27 heavy (non-hydrogen) atoms. The summed E-state index contributed by atoms with van der Waals surface area (Å²) in [6.07, 6.45) is 7.22. The predicted octanol–water partition coefficient (Wildman–Crippen LogP) is 3.56. The van der Waals surface area contributed by atoms with Crippen molar-refractivity contribution in [1.29, 1.82) is 0 Å². The number of carbonyl (C=O) groups excluding carboxylic acids is 3. The number of amides is 1. The fourth-order valence-electron chi connectivity index (χ4n) is 4.17. The molecule has 6 heteroatoms. The molecule has 0 atom stereocenters. The number of nitrogens with one attached hydrogen (secondary N) is 1. The number of hydrogen-bond acceptors (Lipinski definition) is 4. The lowest BCUT2D eigenvalue weighted by Crippen LogP contribution is -2.42.